The molecule has 0 aliphatic carbocycles. The largest absolute Gasteiger partial charge is 0.356 e. The third kappa shape index (κ3) is 5.43. The number of hydrogen-bond donors (Lipinski definition) is 2. The van der Waals surface area contributed by atoms with E-state index in [9.17, 15) is 0 Å². The lowest BCUT2D eigenvalue weighted by molar-refractivity contribution is 0.599. The summed E-state index contributed by atoms with van der Waals surface area (Å²) in [6.45, 7) is 3.98. The number of nitrogens with one attached hydrogen (secondary N) is 2. The average molecular weight is 468 g/mol. The molecule has 1 atom stereocenters. The van der Waals surface area contributed by atoms with Crippen LogP contribution in [0.3, 0.4) is 0 Å². The molecule has 26 heavy (non-hydrogen) atoms. The molecule has 1 aliphatic heterocycles. The first-order chi connectivity index (χ1) is 12.3. The highest BCUT2D eigenvalue weighted by Gasteiger charge is 2.14. The highest BCUT2D eigenvalue weighted by atomic mass is 127. The Morgan fingerprint density at radius 1 is 1.19 bits per heavy atom. The van der Waals surface area contributed by atoms with Gasteiger partial charge < -0.3 is 15.2 Å². The van der Waals surface area contributed by atoms with E-state index in [2.05, 4.69) is 61.6 Å². The number of aryl methyl sites for hydroxylation is 1. The third-order valence-electron chi connectivity index (χ3n) is 4.70. The molecule has 0 radical (unpaired) electrons. The molecule has 2 aromatic rings. The summed E-state index contributed by atoms with van der Waals surface area (Å²) in [5, 5.41) is 15.6. The van der Waals surface area contributed by atoms with Crippen molar-refractivity contribution >= 4 is 29.9 Å². The molecule has 0 saturated carbocycles. The molecular weight excluding hydrogens is 439 g/mol. The minimum atomic E-state index is 0. The van der Waals surface area contributed by atoms with E-state index in [0.29, 0.717) is 0 Å². The molecule has 1 aromatic heterocycles. The lowest BCUT2D eigenvalue weighted by atomic mass is 10.1. The number of nitrogens with zero attached hydrogens (tertiary/aromatic N) is 4. The quantitative estimate of drug-likeness (QED) is 0.402. The lowest BCUT2D eigenvalue weighted by Gasteiger charge is -2.18. The van der Waals surface area contributed by atoms with E-state index in [0.717, 1.165) is 43.5 Å². The number of rotatable bonds is 5. The van der Waals surface area contributed by atoms with Crippen LogP contribution >= 0.6 is 24.0 Å². The maximum atomic E-state index is 4.38. The Kier molecular flexibility index (Phi) is 8.34. The van der Waals surface area contributed by atoms with Crippen LogP contribution in [0.25, 0.3) is 0 Å². The van der Waals surface area contributed by atoms with Gasteiger partial charge in [0.05, 0.1) is 6.04 Å². The molecule has 7 heteroatoms. The first-order valence-corrected chi connectivity index (χ1v) is 9.21. The Bertz CT molecular complexity index is 697. The van der Waals surface area contributed by atoms with Gasteiger partial charge in [0, 0.05) is 33.0 Å². The van der Waals surface area contributed by atoms with Gasteiger partial charge in [-0.05, 0) is 25.3 Å². The number of hydrogen-bond acceptors (Lipinski definition) is 3. The molecule has 0 bridgehead atoms. The van der Waals surface area contributed by atoms with Gasteiger partial charge in [0.25, 0.3) is 0 Å². The minimum Gasteiger partial charge on any atom is -0.356 e. The molecule has 6 nitrogen and oxygen atoms in total. The van der Waals surface area contributed by atoms with Gasteiger partial charge in [0.15, 0.2) is 5.96 Å². The fourth-order valence-electron chi connectivity index (χ4n) is 3.25. The van der Waals surface area contributed by atoms with Crippen molar-refractivity contribution in [2.45, 2.75) is 51.6 Å². The van der Waals surface area contributed by atoms with Crippen molar-refractivity contribution in [1.82, 2.24) is 25.4 Å². The summed E-state index contributed by atoms with van der Waals surface area (Å²) in [6, 6.07) is 10.6. The van der Waals surface area contributed by atoms with Crippen molar-refractivity contribution in [3.8, 4) is 0 Å². The number of halogens is 1. The van der Waals surface area contributed by atoms with Crippen LogP contribution in [0.2, 0.25) is 0 Å². The molecule has 2 N–H and O–H groups in total. The van der Waals surface area contributed by atoms with Crippen LogP contribution in [0, 0.1) is 0 Å². The molecule has 0 fully saturated rings. The van der Waals surface area contributed by atoms with Gasteiger partial charge in [-0.1, -0.05) is 36.8 Å². The normalized spacial score (nSPS) is 15.4. The average Bonchev–Trinajstić information content (AvgIpc) is 2.88. The summed E-state index contributed by atoms with van der Waals surface area (Å²) in [7, 11) is 1.80. The Labute approximate surface area is 172 Å². The van der Waals surface area contributed by atoms with Crippen molar-refractivity contribution in [2.24, 2.45) is 4.99 Å². The Morgan fingerprint density at radius 2 is 2.00 bits per heavy atom. The van der Waals surface area contributed by atoms with Crippen molar-refractivity contribution in [3.63, 3.8) is 0 Å². The van der Waals surface area contributed by atoms with Gasteiger partial charge in [-0.3, -0.25) is 4.99 Å². The highest BCUT2D eigenvalue weighted by Crippen LogP contribution is 2.14. The van der Waals surface area contributed by atoms with Gasteiger partial charge in [-0.25, -0.2) is 0 Å². The summed E-state index contributed by atoms with van der Waals surface area (Å²) < 4.78 is 2.30. The maximum Gasteiger partial charge on any atom is 0.191 e. The zero-order valence-corrected chi connectivity index (χ0v) is 17.9. The van der Waals surface area contributed by atoms with Gasteiger partial charge in [-0.15, -0.1) is 34.2 Å². The first kappa shape index (κ1) is 20.7. The fourth-order valence-corrected chi connectivity index (χ4v) is 3.25. The van der Waals surface area contributed by atoms with Crippen LogP contribution in [0.4, 0.5) is 0 Å². The van der Waals surface area contributed by atoms with E-state index in [4.69, 9.17) is 0 Å². The molecule has 1 unspecified atom stereocenters. The summed E-state index contributed by atoms with van der Waals surface area (Å²) in [4.78, 5) is 4.33. The van der Waals surface area contributed by atoms with Crippen molar-refractivity contribution in [2.75, 3.05) is 13.6 Å². The molecule has 2 heterocycles. The Balaban J connectivity index is 0.00000243. The van der Waals surface area contributed by atoms with Crippen LogP contribution in [0.5, 0.6) is 0 Å². The van der Waals surface area contributed by atoms with E-state index in [1.807, 2.05) is 6.07 Å². The predicted octanol–water partition coefficient (Wildman–Crippen LogP) is 3.09. The third-order valence-corrected chi connectivity index (χ3v) is 4.70. The second-order valence-electron chi connectivity index (χ2n) is 6.52. The van der Waals surface area contributed by atoms with Crippen LogP contribution in [-0.4, -0.2) is 34.3 Å². The maximum absolute atomic E-state index is 4.38. The summed E-state index contributed by atoms with van der Waals surface area (Å²) in [5.41, 5.74) is 1.24. The van der Waals surface area contributed by atoms with Gasteiger partial charge in [-0.2, -0.15) is 0 Å². The van der Waals surface area contributed by atoms with E-state index in [1.165, 1.54) is 24.8 Å². The Hall–Kier alpha value is -1.64. The number of benzene rings is 1. The van der Waals surface area contributed by atoms with Crippen LogP contribution in [0.1, 0.15) is 49.4 Å². The summed E-state index contributed by atoms with van der Waals surface area (Å²) in [5.74, 6) is 3.04. The molecule has 0 spiro atoms. The van der Waals surface area contributed by atoms with E-state index >= 15 is 0 Å². The molecule has 3 rings (SSSR count). The number of aliphatic imine (C=N–C) groups is 1. The highest BCUT2D eigenvalue weighted by molar-refractivity contribution is 14.0. The molecule has 1 aromatic carbocycles. The van der Waals surface area contributed by atoms with Gasteiger partial charge in [0.2, 0.25) is 0 Å². The molecule has 142 valence electrons. The number of aromatic nitrogens is 3. The Morgan fingerprint density at radius 3 is 2.77 bits per heavy atom. The monoisotopic (exact) mass is 468 g/mol. The van der Waals surface area contributed by atoms with E-state index < -0.39 is 0 Å². The van der Waals surface area contributed by atoms with E-state index in [1.54, 1.807) is 7.05 Å². The smallest absolute Gasteiger partial charge is 0.191 e. The number of fused-ring (bicyclic) bond motifs is 1. The standard InChI is InChI=1S/C19H28N6.HI/c1-15(16-9-5-3-6-10-16)22-19(20-2)21-13-12-18-24-23-17-11-7-4-8-14-25(17)18;/h3,5-6,9-10,15H,4,7-8,11-14H2,1-2H3,(H2,20,21,22);1H. The second kappa shape index (κ2) is 10.5. The summed E-state index contributed by atoms with van der Waals surface area (Å²) >= 11 is 0. The first-order valence-electron chi connectivity index (χ1n) is 9.21. The zero-order chi connectivity index (χ0) is 17.5. The lowest BCUT2D eigenvalue weighted by Crippen LogP contribution is -2.39. The SMILES string of the molecule is CN=C(NCCc1nnc2n1CCCCC2)NC(C)c1ccccc1.I. The van der Waals surface area contributed by atoms with Crippen molar-refractivity contribution in [1.29, 1.82) is 0 Å². The van der Waals surface area contributed by atoms with Crippen molar-refractivity contribution in [3.05, 3.63) is 47.5 Å². The fraction of sp³-hybridized carbons (Fsp3) is 0.526. The molecule has 0 saturated heterocycles. The molecule has 1 aliphatic rings. The predicted molar refractivity (Wildman–Crippen MR) is 116 cm³/mol. The van der Waals surface area contributed by atoms with Gasteiger partial charge in [0.1, 0.15) is 11.6 Å². The molecule has 0 amide bonds. The van der Waals surface area contributed by atoms with Gasteiger partial charge >= 0.3 is 0 Å². The van der Waals surface area contributed by atoms with Crippen molar-refractivity contribution < 1.29 is 0 Å². The van der Waals surface area contributed by atoms with Crippen LogP contribution < -0.4 is 10.6 Å². The zero-order valence-electron chi connectivity index (χ0n) is 15.6. The van der Waals surface area contributed by atoms with E-state index in [-0.39, 0.29) is 30.0 Å². The number of guanidine groups is 1. The van der Waals surface area contributed by atoms with Crippen LogP contribution in [0.15, 0.2) is 35.3 Å². The summed E-state index contributed by atoms with van der Waals surface area (Å²) in [6.07, 6.45) is 5.65. The van der Waals surface area contributed by atoms with Crippen LogP contribution in [-0.2, 0) is 19.4 Å². The second-order valence-corrected chi connectivity index (χ2v) is 6.52. The topological polar surface area (TPSA) is 67.1 Å². The minimum absolute atomic E-state index is 0. The molecular formula is C19H29IN6.